The third kappa shape index (κ3) is 4.51. The van der Waals surface area contributed by atoms with Crippen molar-refractivity contribution in [2.45, 2.75) is 11.4 Å². The van der Waals surface area contributed by atoms with Crippen LogP contribution in [0, 0.1) is 5.82 Å². The van der Waals surface area contributed by atoms with Crippen molar-refractivity contribution < 1.29 is 17.6 Å². The highest BCUT2D eigenvalue weighted by Crippen LogP contribution is 2.14. The summed E-state index contributed by atoms with van der Waals surface area (Å²) in [6.45, 7) is -0.0182. The molecule has 1 aromatic heterocycles. The molecule has 0 radical (unpaired) electrons. The van der Waals surface area contributed by atoms with E-state index in [1.54, 1.807) is 18.2 Å². The molecule has 0 saturated heterocycles. The van der Waals surface area contributed by atoms with Gasteiger partial charge in [-0.2, -0.15) is 0 Å². The number of hydrogen-bond acceptors (Lipinski definition) is 4. The molecule has 144 valence electrons. The van der Waals surface area contributed by atoms with Crippen molar-refractivity contribution >= 4 is 21.6 Å². The van der Waals surface area contributed by atoms with Crippen LogP contribution in [0.1, 0.15) is 15.9 Å². The maximum atomic E-state index is 13.8. The van der Waals surface area contributed by atoms with Crippen LogP contribution >= 0.6 is 0 Å². The Morgan fingerprint density at radius 1 is 1.04 bits per heavy atom. The Morgan fingerprint density at radius 2 is 1.71 bits per heavy atom. The summed E-state index contributed by atoms with van der Waals surface area (Å²) in [5.41, 5.74) is 0.480. The lowest BCUT2D eigenvalue weighted by Gasteiger charge is -2.10. The Bertz CT molecular complexity index is 1190. The highest BCUT2D eigenvalue weighted by molar-refractivity contribution is 7.89. The molecule has 0 aliphatic carbocycles. The first kappa shape index (κ1) is 19.5. The summed E-state index contributed by atoms with van der Waals surface area (Å²) in [7, 11) is -3.83. The minimum Gasteiger partial charge on any atom is -0.322 e. The van der Waals surface area contributed by atoms with Crippen LogP contribution < -0.4 is 16.0 Å². The summed E-state index contributed by atoms with van der Waals surface area (Å²) in [5, 5.41) is 7.62. The second-order valence-corrected chi connectivity index (χ2v) is 7.56. The van der Waals surface area contributed by atoms with Gasteiger partial charge in [-0.05, 0) is 36.4 Å². The Balaban J connectivity index is 1.81. The van der Waals surface area contributed by atoms with E-state index in [0.717, 1.165) is 0 Å². The van der Waals surface area contributed by atoms with E-state index >= 15 is 0 Å². The topological polar surface area (TPSA) is 111 Å². The molecule has 7 nitrogen and oxygen atoms in total. The van der Waals surface area contributed by atoms with E-state index in [1.807, 2.05) is 0 Å². The molecule has 2 aromatic carbocycles. The van der Waals surface area contributed by atoms with Crippen molar-refractivity contribution in [2.24, 2.45) is 5.14 Å². The first-order chi connectivity index (χ1) is 13.2. The maximum Gasteiger partial charge on any atom is 0.257 e. The molecular weight excluding hydrogens is 385 g/mol. The second kappa shape index (κ2) is 7.75. The zero-order valence-corrected chi connectivity index (χ0v) is 15.3. The van der Waals surface area contributed by atoms with Crippen molar-refractivity contribution in [1.29, 1.82) is 0 Å². The van der Waals surface area contributed by atoms with Gasteiger partial charge in [0.1, 0.15) is 5.82 Å². The molecule has 0 spiro atoms. The predicted molar refractivity (Wildman–Crippen MR) is 102 cm³/mol. The Hall–Kier alpha value is -3.30. The van der Waals surface area contributed by atoms with Gasteiger partial charge in [-0.3, -0.25) is 9.59 Å². The number of benzene rings is 2. The van der Waals surface area contributed by atoms with Crippen LogP contribution in [0.25, 0.3) is 0 Å². The van der Waals surface area contributed by atoms with E-state index in [2.05, 4.69) is 5.32 Å². The Morgan fingerprint density at radius 3 is 2.36 bits per heavy atom. The Labute approximate surface area is 160 Å². The zero-order valence-electron chi connectivity index (χ0n) is 14.5. The zero-order chi connectivity index (χ0) is 20.3. The number of hydrogen-bond donors (Lipinski definition) is 2. The molecule has 0 aliphatic rings. The third-order valence-electron chi connectivity index (χ3n) is 3.98. The molecule has 3 rings (SSSR count). The number of rotatable bonds is 5. The van der Waals surface area contributed by atoms with Gasteiger partial charge in [-0.15, -0.1) is 0 Å². The van der Waals surface area contributed by atoms with Crippen molar-refractivity contribution in [2.75, 3.05) is 5.32 Å². The third-order valence-corrected chi connectivity index (χ3v) is 4.91. The number of carbonyl (C=O) groups is 1. The lowest BCUT2D eigenvalue weighted by molar-refractivity contribution is 0.102. The molecule has 9 heteroatoms. The highest BCUT2D eigenvalue weighted by Gasteiger charge is 2.11. The average Bonchev–Trinajstić information content (AvgIpc) is 2.65. The van der Waals surface area contributed by atoms with Gasteiger partial charge < -0.3 is 9.88 Å². The number of carbonyl (C=O) groups excluding carboxylic acids is 1. The fourth-order valence-corrected chi connectivity index (χ4v) is 3.05. The van der Waals surface area contributed by atoms with Crippen molar-refractivity contribution in [3.8, 4) is 0 Å². The minimum atomic E-state index is -3.83. The monoisotopic (exact) mass is 401 g/mol. The number of halogens is 1. The molecule has 0 atom stereocenters. The van der Waals surface area contributed by atoms with E-state index in [1.165, 1.54) is 53.2 Å². The van der Waals surface area contributed by atoms with Gasteiger partial charge in [0.2, 0.25) is 10.0 Å². The van der Waals surface area contributed by atoms with E-state index in [9.17, 15) is 22.4 Å². The number of nitrogens with two attached hydrogens (primary N) is 1. The highest BCUT2D eigenvalue weighted by atomic mass is 32.2. The minimum absolute atomic E-state index is 0.0182. The summed E-state index contributed by atoms with van der Waals surface area (Å²) in [4.78, 5) is 24.4. The second-order valence-electron chi connectivity index (χ2n) is 6.00. The Kier molecular flexibility index (Phi) is 5.39. The van der Waals surface area contributed by atoms with Gasteiger partial charge in [0, 0.05) is 23.5 Å². The van der Waals surface area contributed by atoms with Gasteiger partial charge in [0.05, 0.1) is 17.0 Å². The summed E-state index contributed by atoms with van der Waals surface area (Å²) in [6, 6.07) is 14.0. The molecule has 3 aromatic rings. The summed E-state index contributed by atoms with van der Waals surface area (Å²) in [6.07, 6.45) is 1.34. The van der Waals surface area contributed by atoms with Crippen LogP contribution in [0.4, 0.5) is 10.1 Å². The number of aromatic nitrogens is 1. The van der Waals surface area contributed by atoms with Crippen LogP contribution in [-0.2, 0) is 16.6 Å². The molecule has 1 heterocycles. The molecule has 0 saturated carbocycles. The molecule has 0 unspecified atom stereocenters. The van der Waals surface area contributed by atoms with Gasteiger partial charge in [0.15, 0.2) is 0 Å². The van der Waals surface area contributed by atoms with Crippen molar-refractivity contribution in [1.82, 2.24) is 4.57 Å². The fraction of sp³-hybridized carbons (Fsp3) is 0.0526. The van der Waals surface area contributed by atoms with E-state index in [4.69, 9.17) is 5.14 Å². The average molecular weight is 401 g/mol. The van der Waals surface area contributed by atoms with Crippen LogP contribution in [0.3, 0.4) is 0 Å². The van der Waals surface area contributed by atoms with Crippen LogP contribution in [-0.4, -0.2) is 18.9 Å². The van der Waals surface area contributed by atoms with E-state index in [0.29, 0.717) is 11.3 Å². The summed E-state index contributed by atoms with van der Waals surface area (Å²) in [5.74, 6) is -0.954. The van der Waals surface area contributed by atoms with Gasteiger partial charge in [-0.25, -0.2) is 17.9 Å². The lowest BCUT2D eigenvalue weighted by Crippen LogP contribution is -2.23. The van der Waals surface area contributed by atoms with Gasteiger partial charge in [-0.1, -0.05) is 18.2 Å². The predicted octanol–water partition coefficient (Wildman–Crippen LogP) is 1.94. The van der Waals surface area contributed by atoms with Crippen molar-refractivity contribution in [3.05, 3.63) is 94.2 Å². The molecular formula is C19H16FN3O4S. The number of primary sulfonamides is 1. The van der Waals surface area contributed by atoms with Gasteiger partial charge in [0.25, 0.3) is 11.5 Å². The molecule has 0 bridgehead atoms. The number of sulfonamides is 1. The van der Waals surface area contributed by atoms with E-state index < -0.39 is 21.7 Å². The molecule has 0 fully saturated rings. The SMILES string of the molecule is NS(=O)(=O)c1ccc(NC(=O)c2ccc(=O)n(Cc3ccccc3F)c2)cc1. The molecule has 0 aliphatic heterocycles. The molecule has 28 heavy (non-hydrogen) atoms. The number of amides is 1. The maximum absolute atomic E-state index is 13.8. The van der Waals surface area contributed by atoms with E-state index in [-0.39, 0.29) is 22.6 Å². The number of pyridine rings is 1. The number of nitrogens with one attached hydrogen (secondary N) is 1. The van der Waals surface area contributed by atoms with Crippen LogP contribution in [0.5, 0.6) is 0 Å². The fourth-order valence-electron chi connectivity index (χ4n) is 2.53. The normalized spacial score (nSPS) is 11.2. The summed E-state index contributed by atoms with van der Waals surface area (Å²) >= 11 is 0. The number of nitrogens with zero attached hydrogens (tertiary/aromatic N) is 1. The largest absolute Gasteiger partial charge is 0.322 e. The number of anilines is 1. The van der Waals surface area contributed by atoms with Crippen molar-refractivity contribution in [3.63, 3.8) is 0 Å². The first-order valence-electron chi connectivity index (χ1n) is 8.12. The lowest BCUT2D eigenvalue weighted by atomic mass is 10.2. The standard InChI is InChI=1S/C19H16FN3O4S/c20-17-4-2-1-3-13(17)11-23-12-14(5-10-18(23)24)19(25)22-15-6-8-16(9-7-15)28(21,26)27/h1-10,12H,11H2,(H,22,25)(H2,21,26,27). The smallest absolute Gasteiger partial charge is 0.257 e. The van der Waals surface area contributed by atoms with Gasteiger partial charge >= 0.3 is 0 Å². The first-order valence-corrected chi connectivity index (χ1v) is 9.67. The molecule has 1 amide bonds. The summed E-state index contributed by atoms with van der Waals surface area (Å²) < 4.78 is 37.6. The van der Waals surface area contributed by atoms with Crippen LogP contribution in [0.2, 0.25) is 0 Å². The van der Waals surface area contributed by atoms with Crippen LogP contribution in [0.15, 0.2) is 76.6 Å². The quantitative estimate of drug-likeness (QED) is 0.680. The molecule has 3 N–H and O–H groups in total.